The molecule has 1 aromatic carbocycles. The predicted molar refractivity (Wildman–Crippen MR) is 81.3 cm³/mol. The summed E-state index contributed by atoms with van der Waals surface area (Å²) in [6.45, 7) is 0.390. The first kappa shape index (κ1) is 13.1. The van der Waals surface area contributed by atoms with Gasteiger partial charge in [-0.25, -0.2) is 0 Å². The molecule has 2 heterocycles. The highest BCUT2D eigenvalue weighted by molar-refractivity contribution is 5.93. The number of nitrogens with zero attached hydrogens (tertiary/aromatic N) is 2. The number of fused-ring (bicyclic) bond motifs is 1. The van der Waals surface area contributed by atoms with E-state index in [1.807, 2.05) is 36.4 Å². The number of nitrogens with one attached hydrogen (secondary N) is 1. The summed E-state index contributed by atoms with van der Waals surface area (Å²) in [7, 11) is 0. The van der Waals surface area contributed by atoms with E-state index in [4.69, 9.17) is 15.9 Å². The van der Waals surface area contributed by atoms with Gasteiger partial charge >= 0.3 is 0 Å². The van der Waals surface area contributed by atoms with E-state index in [0.717, 1.165) is 22.2 Å². The zero-order valence-corrected chi connectivity index (χ0v) is 11.3. The number of pyridine rings is 2. The molecule has 0 aliphatic rings. The smallest absolute Gasteiger partial charge is 0.141 e. The highest BCUT2D eigenvalue weighted by atomic mass is 16.5. The standard InChI is InChI=1S/C16H14N4O/c17-16(18)15-8-11(5-7-20-15)10-21-13-4-3-12-2-1-6-19-14(12)9-13/h1-9H,10H2,(H3,17,18). The summed E-state index contributed by atoms with van der Waals surface area (Å²) in [4.78, 5) is 8.32. The number of nitrogens with two attached hydrogens (primary N) is 1. The molecule has 3 aromatic rings. The van der Waals surface area contributed by atoms with Crippen LogP contribution in [0.2, 0.25) is 0 Å². The van der Waals surface area contributed by atoms with Gasteiger partial charge in [0.2, 0.25) is 0 Å². The fraction of sp³-hybridized carbons (Fsp3) is 0.0625. The third kappa shape index (κ3) is 2.97. The van der Waals surface area contributed by atoms with Crippen molar-refractivity contribution >= 4 is 16.7 Å². The van der Waals surface area contributed by atoms with E-state index in [-0.39, 0.29) is 5.84 Å². The van der Waals surface area contributed by atoms with Crippen molar-refractivity contribution in [2.45, 2.75) is 6.61 Å². The van der Waals surface area contributed by atoms with Gasteiger partial charge in [-0.05, 0) is 35.9 Å². The van der Waals surface area contributed by atoms with Gasteiger partial charge < -0.3 is 10.5 Å². The zero-order valence-electron chi connectivity index (χ0n) is 11.3. The molecule has 5 nitrogen and oxygen atoms in total. The van der Waals surface area contributed by atoms with Crippen LogP contribution in [0.4, 0.5) is 0 Å². The normalized spacial score (nSPS) is 10.5. The summed E-state index contributed by atoms with van der Waals surface area (Å²) in [5, 5.41) is 8.46. The van der Waals surface area contributed by atoms with E-state index in [1.165, 1.54) is 0 Å². The number of rotatable bonds is 4. The Morgan fingerprint density at radius 2 is 2.00 bits per heavy atom. The van der Waals surface area contributed by atoms with Crippen LogP contribution in [-0.4, -0.2) is 15.8 Å². The van der Waals surface area contributed by atoms with E-state index in [2.05, 4.69) is 9.97 Å². The Hall–Kier alpha value is -2.95. The summed E-state index contributed by atoms with van der Waals surface area (Å²) < 4.78 is 5.76. The van der Waals surface area contributed by atoms with Crippen molar-refractivity contribution in [2.24, 2.45) is 5.73 Å². The van der Waals surface area contributed by atoms with Crippen LogP contribution in [0.1, 0.15) is 11.3 Å². The summed E-state index contributed by atoms with van der Waals surface area (Å²) >= 11 is 0. The van der Waals surface area contributed by atoms with Gasteiger partial charge in [0.1, 0.15) is 23.9 Å². The summed E-state index contributed by atoms with van der Waals surface area (Å²) in [5.41, 5.74) is 7.69. The van der Waals surface area contributed by atoms with Gasteiger partial charge in [0.05, 0.1) is 5.52 Å². The number of hydrogen-bond donors (Lipinski definition) is 2. The van der Waals surface area contributed by atoms with Crippen molar-refractivity contribution in [3.05, 3.63) is 66.1 Å². The molecular formula is C16H14N4O. The number of nitrogen functional groups attached to an aromatic ring is 1. The number of aromatic nitrogens is 2. The lowest BCUT2D eigenvalue weighted by molar-refractivity contribution is 0.306. The molecule has 21 heavy (non-hydrogen) atoms. The summed E-state index contributed by atoms with van der Waals surface area (Å²) in [6, 6.07) is 13.3. The molecule has 0 amide bonds. The lowest BCUT2D eigenvalue weighted by atomic mass is 10.2. The zero-order chi connectivity index (χ0) is 14.7. The predicted octanol–water partition coefficient (Wildman–Crippen LogP) is 2.49. The lowest BCUT2D eigenvalue weighted by Gasteiger charge is -2.08. The fourth-order valence-corrected chi connectivity index (χ4v) is 2.01. The molecule has 0 unspecified atom stereocenters. The third-order valence-electron chi connectivity index (χ3n) is 3.08. The Bertz CT molecular complexity index is 801. The van der Waals surface area contributed by atoms with Crippen LogP contribution >= 0.6 is 0 Å². The lowest BCUT2D eigenvalue weighted by Crippen LogP contribution is -2.13. The van der Waals surface area contributed by atoms with Crippen LogP contribution in [0.3, 0.4) is 0 Å². The van der Waals surface area contributed by atoms with Crippen molar-refractivity contribution in [1.82, 2.24) is 9.97 Å². The van der Waals surface area contributed by atoms with E-state index in [0.29, 0.717) is 12.3 Å². The second kappa shape index (κ2) is 5.58. The van der Waals surface area contributed by atoms with Crippen molar-refractivity contribution in [3.63, 3.8) is 0 Å². The molecule has 0 saturated heterocycles. The maximum absolute atomic E-state index is 7.38. The topological polar surface area (TPSA) is 84.9 Å². The molecule has 0 spiro atoms. The molecule has 0 radical (unpaired) electrons. The van der Waals surface area contributed by atoms with Crippen LogP contribution in [0.5, 0.6) is 5.75 Å². The molecule has 0 bridgehead atoms. The SMILES string of the molecule is N=C(N)c1cc(COc2ccc3cccnc3c2)ccn1. The largest absolute Gasteiger partial charge is 0.489 e. The minimum Gasteiger partial charge on any atom is -0.489 e. The second-order valence-electron chi connectivity index (χ2n) is 4.61. The van der Waals surface area contributed by atoms with Gasteiger partial charge in [-0.1, -0.05) is 6.07 Å². The van der Waals surface area contributed by atoms with E-state index in [1.54, 1.807) is 18.5 Å². The molecule has 2 aromatic heterocycles. The van der Waals surface area contributed by atoms with Gasteiger partial charge in [-0.2, -0.15) is 0 Å². The Labute approximate surface area is 121 Å². The van der Waals surface area contributed by atoms with Gasteiger partial charge in [0.25, 0.3) is 0 Å². The highest BCUT2D eigenvalue weighted by Crippen LogP contribution is 2.19. The molecule has 3 rings (SSSR count). The van der Waals surface area contributed by atoms with E-state index >= 15 is 0 Å². The second-order valence-corrected chi connectivity index (χ2v) is 4.61. The highest BCUT2D eigenvalue weighted by Gasteiger charge is 2.02. The van der Waals surface area contributed by atoms with Crippen LogP contribution in [-0.2, 0) is 6.61 Å². The average molecular weight is 278 g/mol. The van der Waals surface area contributed by atoms with Crippen LogP contribution in [0.15, 0.2) is 54.9 Å². The van der Waals surface area contributed by atoms with Crippen LogP contribution in [0.25, 0.3) is 10.9 Å². The van der Waals surface area contributed by atoms with Gasteiger partial charge in [-0.15, -0.1) is 0 Å². The van der Waals surface area contributed by atoms with Crippen molar-refractivity contribution in [1.29, 1.82) is 5.41 Å². The Morgan fingerprint density at radius 1 is 1.10 bits per heavy atom. The minimum atomic E-state index is -0.0493. The molecule has 0 aliphatic heterocycles. The first-order valence-electron chi connectivity index (χ1n) is 6.49. The fourth-order valence-electron chi connectivity index (χ4n) is 2.01. The van der Waals surface area contributed by atoms with E-state index in [9.17, 15) is 0 Å². The molecule has 3 N–H and O–H groups in total. The number of amidine groups is 1. The molecule has 0 aliphatic carbocycles. The average Bonchev–Trinajstić information content (AvgIpc) is 2.53. The van der Waals surface area contributed by atoms with Crippen LogP contribution in [0, 0.1) is 5.41 Å². The van der Waals surface area contributed by atoms with Crippen molar-refractivity contribution in [3.8, 4) is 5.75 Å². The number of benzene rings is 1. The van der Waals surface area contributed by atoms with Gasteiger partial charge in [0, 0.05) is 23.8 Å². The first-order chi connectivity index (χ1) is 10.2. The number of hydrogen-bond acceptors (Lipinski definition) is 4. The van der Waals surface area contributed by atoms with Gasteiger partial charge in [-0.3, -0.25) is 15.4 Å². The molecule has 104 valence electrons. The molecule has 5 heteroatoms. The molecule has 0 saturated carbocycles. The number of ether oxygens (including phenoxy) is 1. The maximum Gasteiger partial charge on any atom is 0.141 e. The molecular weight excluding hydrogens is 264 g/mol. The van der Waals surface area contributed by atoms with E-state index < -0.39 is 0 Å². The Balaban J connectivity index is 1.77. The molecule has 0 fully saturated rings. The summed E-state index contributed by atoms with van der Waals surface area (Å²) in [5.74, 6) is 0.703. The van der Waals surface area contributed by atoms with Crippen molar-refractivity contribution < 1.29 is 4.74 Å². The maximum atomic E-state index is 7.38. The first-order valence-corrected chi connectivity index (χ1v) is 6.49. The van der Waals surface area contributed by atoms with Crippen molar-refractivity contribution in [2.75, 3.05) is 0 Å². The monoisotopic (exact) mass is 278 g/mol. The Kier molecular flexibility index (Phi) is 3.47. The minimum absolute atomic E-state index is 0.0493. The van der Waals surface area contributed by atoms with Crippen LogP contribution < -0.4 is 10.5 Å². The van der Waals surface area contributed by atoms with Gasteiger partial charge in [0.15, 0.2) is 0 Å². The third-order valence-corrected chi connectivity index (χ3v) is 3.08. The molecule has 0 atom stereocenters. The Morgan fingerprint density at radius 3 is 2.86 bits per heavy atom. The quantitative estimate of drug-likeness (QED) is 0.567. The summed E-state index contributed by atoms with van der Waals surface area (Å²) in [6.07, 6.45) is 3.38.